The molecule has 6 nitrogen and oxygen atoms in total. The van der Waals surface area contributed by atoms with Crippen LogP contribution in [0.3, 0.4) is 0 Å². The molecule has 0 spiro atoms. The first-order valence-electron chi connectivity index (χ1n) is 5.61. The van der Waals surface area contributed by atoms with Gasteiger partial charge in [0.15, 0.2) is 0 Å². The van der Waals surface area contributed by atoms with Crippen molar-refractivity contribution in [3.63, 3.8) is 0 Å². The van der Waals surface area contributed by atoms with Gasteiger partial charge in [0.25, 0.3) is 0 Å². The molecule has 0 saturated carbocycles. The average molecular weight is 280 g/mol. The standard InChI is InChI=1S/C12H12N2O4S/c15-10-7-19-14(11(10)16)13-9(12(17)18)6-8-4-2-1-3-5-8/h1-5,9,13H,6-7H2,(H,17,18)/t9-/m0/s1. The molecule has 2 rings (SSSR count). The van der Waals surface area contributed by atoms with Crippen LogP contribution in [0.4, 0.5) is 0 Å². The molecule has 0 aliphatic carbocycles. The van der Waals surface area contributed by atoms with Crippen LogP contribution in [0.1, 0.15) is 5.56 Å². The Labute approximate surface area is 113 Å². The SMILES string of the molecule is O=C1CSN(N[C@@H](Cc2ccccc2)C(=O)O)C1=O. The molecule has 1 fully saturated rings. The first-order valence-corrected chi connectivity index (χ1v) is 6.55. The van der Waals surface area contributed by atoms with Crippen molar-refractivity contribution >= 4 is 29.6 Å². The van der Waals surface area contributed by atoms with Gasteiger partial charge in [-0.15, -0.1) is 0 Å². The highest BCUT2D eigenvalue weighted by Crippen LogP contribution is 2.17. The number of rotatable bonds is 5. The van der Waals surface area contributed by atoms with Crippen molar-refractivity contribution < 1.29 is 19.5 Å². The Bertz CT molecular complexity index is 506. The van der Waals surface area contributed by atoms with E-state index in [0.717, 1.165) is 21.9 Å². The summed E-state index contributed by atoms with van der Waals surface area (Å²) in [6, 6.07) is 8.13. The third-order valence-corrected chi connectivity index (χ3v) is 3.52. The predicted molar refractivity (Wildman–Crippen MR) is 69.0 cm³/mol. The predicted octanol–water partition coefficient (Wildman–Crippen LogP) is 0.246. The molecule has 1 amide bonds. The van der Waals surface area contributed by atoms with Crippen molar-refractivity contribution in [2.24, 2.45) is 0 Å². The zero-order valence-electron chi connectivity index (χ0n) is 9.91. The average Bonchev–Trinajstić information content (AvgIpc) is 2.71. The second-order valence-corrected chi connectivity index (χ2v) is 4.92. The lowest BCUT2D eigenvalue weighted by atomic mass is 10.1. The Morgan fingerprint density at radius 3 is 2.58 bits per heavy atom. The van der Waals surface area contributed by atoms with Crippen molar-refractivity contribution in [2.45, 2.75) is 12.5 Å². The Balaban J connectivity index is 2.03. The Morgan fingerprint density at radius 1 is 1.37 bits per heavy atom. The van der Waals surface area contributed by atoms with E-state index in [0.29, 0.717) is 0 Å². The third-order valence-electron chi connectivity index (χ3n) is 2.60. The van der Waals surface area contributed by atoms with Crippen LogP contribution in [0.5, 0.6) is 0 Å². The molecule has 100 valence electrons. The number of carboxylic acids is 1. The Hall–Kier alpha value is -1.86. The monoisotopic (exact) mass is 280 g/mol. The molecule has 0 radical (unpaired) electrons. The number of nitrogens with one attached hydrogen (secondary N) is 1. The molecular weight excluding hydrogens is 268 g/mol. The van der Waals surface area contributed by atoms with E-state index in [9.17, 15) is 14.4 Å². The summed E-state index contributed by atoms with van der Waals surface area (Å²) in [5.41, 5.74) is 3.41. The summed E-state index contributed by atoms with van der Waals surface area (Å²) in [6.07, 6.45) is 0.231. The lowest BCUT2D eigenvalue weighted by Gasteiger charge is -2.20. The van der Waals surface area contributed by atoms with Gasteiger partial charge in [0.05, 0.1) is 5.75 Å². The van der Waals surface area contributed by atoms with E-state index in [2.05, 4.69) is 5.43 Å². The number of ketones is 1. The van der Waals surface area contributed by atoms with Crippen LogP contribution in [0.2, 0.25) is 0 Å². The molecule has 1 aliphatic rings. The first-order chi connectivity index (χ1) is 9.08. The van der Waals surface area contributed by atoms with Gasteiger partial charge in [-0.25, -0.2) is 9.84 Å². The maximum Gasteiger partial charge on any atom is 0.322 e. The van der Waals surface area contributed by atoms with Crippen molar-refractivity contribution in [2.75, 3.05) is 5.75 Å². The van der Waals surface area contributed by atoms with E-state index in [1.165, 1.54) is 0 Å². The van der Waals surface area contributed by atoms with E-state index in [1.807, 2.05) is 30.3 Å². The normalized spacial score (nSPS) is 16.7. The van der Waals surface area contributed by atoms with Gasteiger partial charge < -0.3 is 5.11 Å². The van der Waals surface area contributed by atoms with Gasteiger partial charge in [-0.3, -0.25) is 14.4 Å². The second kappa shape index (κ2) is 5.85. The molecular formula is C12H12N2O4S. The number of carboxylic acid groups (broad SMARTS) is 1. The van der Waals surface area contributed by atoms with Crippen LogP contribution in [0, 0.1) is 0 Å². The van der Waals surface area contributed by atoms with Crippen LogP contribution in [0.15, 0.2) is 30.3 Å². The summed E-state index contributed by atoms with van der Waals surface area (Å²) >= 11 is 0.975. The van der Waals surface area contributed by atoms with Gasteiger partial charge in [-0.05, 0) is 17.5 Å². The zero-order valence-corrected chi connectivity index (χ0v) is 10.7. The van der Waals surface area contributed by atoms with Crippen LogP contribution in [-0.4, -0.2) is 39.0 Å². The number of carbonyl (C=O) groups excluding carboxylic acids is 2. The lowest BCUT2D eigenvalue weighted by Crippen LogP contribution is -2.48. The minimum atomic E-state index is -1.07. The summed E-state index contributed by atoms with van der Waals surface area (Å²) in [7, 11) is 0. The summed E-state index contributed by atoms with van der Waals surface area (Å²) in [5.74, 6) is -2.26. The number of hydrazine groups is 1. The largest absolute Gasteiger partial charge is 0.480 e. The first kappa shape index (κ1) is 13.6. The molecule has 2 N–H and O–H groups in total. The fourth-order valence-electron chi connectivity index (χ4n) is 1.63. The number of Topliss-reactive ketones (excluding diaryl/α,β-unsaturated/α-hetero) is 1. The maximum absolute atomic E-state index is 11.4. The van der Waals surface area contributed by atoms with E-state index < -0.39 is 23.7 Å². The molecule has 0 aromatic heterocycles. The van der Waals surface area contributed by atoms with Gasteiger partial charge in [-0.2, -0.15) is 0 Å². The highest BCUT2D eigenvalue weighted by atomic mass is 32.2. The molecule has 1 aliphatic heterocycles. The Morgan fingerprint density at radius 2 is 2.05 bits per heavy atom. The van der Waals surface area contributed by atoms with Gasteiger partial charge in [0.1, 0.15) is 6.04 Å². The van der Waals surface area contributed by atoms with Gasteiger partial charge in [-0.1, -0.05) is 30.3 Å². The van der Waals surface area contributed by atoms with Crippen LogP contribution < -0.4 is 5.43 Å². The quantitative estimate of drug-likeness (QED) is 0.594. The van der Waals surface area contributed by atoms with Gasteiger partial charge in [0.2, 0.25) is 5.78 Å². The number of hydrogen-bond acceptors (Lipinski definition) is 5. The molecule has 1 aromatic rings. The fourth-order valence-corrected chi connectivity index (χ4v) is 2.42. The van der Waals surface area contributed by atoms with Gasteiger partial charge in [0, 0.05) is 6.42 Å². The van der Waals surface area contributed by atoms with Crippen LogP contribution >= 0.6 is 11.9 Å². The highest BCUT2D eigenvalue weighted by Gasteiger charge is 2.33. The van der Waals surface area contributed by atoms with Crippen molar-refractivity contribution in [3.8, 4) is 0 Å². The summed E-state index contributed by atoms with van der Waals surface area (Å²) < 4.78 is 1.00. The minimum Gasteiger partial charge on any atom is -0.480 e. The molecule has 1 heterocycles. The summed E-state index contributed by atoms with van der Waals surface area (Å²) in [4.78, 5) is 33.7. The second-order valence-electron chi connectivity index (χ2n) is 4.01. The molecule has 1 atom stereocenters. The van der Waals surface area contributed by atoms with Crippen molar-refractivity contribution in [3.05, 3.63) is 35.9 Å². The van der Waals surface area contributed by atoms with E-state index in [4.69, 9.17) is 5.11 Å². The molecule has 0 unspecified atom stereocenters. The van der Waals surface area contributed by atoms with E-state index >= 15 is 0 Å². The van der Waals surface area contributed by atoms with E-state index in [1.54, 1.807) is 0 Å². The molecule has 1 aromatic carbocycles. The molecule has 19 heavy (non-hydrogen) atoms. The molecule has 0 bridgehead atoms. The minimum absolute atomic E-state index is 0.0451. The van der Waals surface area contributed by atoms with Crippen LogP contribution in [0.25, 0.3) is 0 Å². The van der Waals surface area contributed by atoms with E-state index in [-0.39, 0.29) is 12.2 Å². The Kier molecular flexibility index (Phi) is 4.18. The number of benzene rings is 1. The third kappa shape index (κ3) is 3.33. The molecule has 7 heteroatoms. The number of nitrogens with zero attached hydrogens (tertiary/aromatic N) is 1. The highest BCUT2D eigenvalue weighted by molar-refractivity contribution is 7.99. The van der Waals surface area contributed by atoms with Gasteiger partial charge >= 0.3 is 11.9 Å². The van der Waals surface area contributed by atoms with Crippen LogP contribution in [-0.2, 0) is 20.8 Å². The van der Waals surface area contributed by atoms with Crippen molar-refractivity contribution in [1.29, 1.82) is 0 Å². The lowest BCUT2D eigenvalue weighted by molar-refractivity contribution is -0.144. The van der Waals surface area contributed by atoms with Crippen molar-refractivity contribution in [1.82, 2.24) is 9.84 Å². The zero-order chi connectivity index (χ0) is 13.8. The summed E-state index contributed by atoms with van der Waals surface area (Å²) in [5, 5.41) is 9.15. The summed E-state index contributed by atoms with van der Waals surface area (Å²) in [6.45, 7) is 0. The smallest absolute Gasteiger partial charge is 0.322 e. The molecule has 1 saturated heterocycles. The number of carbonyl (C=O) groups is 3. The topological polar surface area (TPSA) is 86.7 Å². The number of aliphatic carboxylic acids is 1. The number of hydrogen-bond donors (Lipinski definition) is 2. The fraction of sp³-hybridized carbons (Fsp3) is 0.250. The maximum atomic E-state index is 11.4. The number of amides is 1.